The zero-order valence-corrected chi connectivity index (χ0v) is 8.34. The van der Waals surface area contributed by atoms with Crippen LogP contribution in [0.4, 0.5) is 8.78 Å². The summed E-state index contributed by atoms with van der Waals surface area (Å²) in [7, 11) is 1.28. The molecule has 1 aromatic carbocycles. The number of rotatable bonds is 4. The van der Waals surface area contributed by atoms with Gasteiger partial charge in [-0.3, -0.25) is 0 Å². The molecule has 0 aliphatic rings. The lowest BCUT2D eigenvalue weighted by Gasteiger charge is -2.16. The van der Waals surface area contributed by atoms with E-state index in [1.54, 1.807) is 0 Å². The van der Waals surface area contributed by atoms with E-state index in [0.29, 0.717) is 0 Å². The van der Waals surface area contributed by atoms with Gasteiger partial charge in [0.15, 0.2) is 11.6 Å². The number of benzene rings is 1. The Kier molecular flexibility index (Phi) is 3.99. The fourth-order valence-corrected chi connectivity index (χ4v) is 1.40. The molecule has 0 spiro atoms. The zero-order valence-electron chi connectivity index (χ0n) is 8.34. The van der Waals surface area contributed by atoms with Crippen molar-refractivity contribution in [3.8, 4) is 5.75 Å². The van der Waals surface area contributed by atoms with Crippen molar-refractivity contribution in [1.29, 1.82) is 0 Å². The van der Waals surface area contributed by atoms with Gasteiger partial charge in [0, 0.05) is 24.1 Å². The molecule has 0 saturated heterocycles. The van der Waals surface area contributed by atoms with Crippen LogP contribution in [-0.2, 0) is 0 Å². The molecule has 0 heterocycles. The first kappa shape index (κ1) is 11.9. The summed E-state index contributed by atoms with van der Waals surface area (Å²) in [6.45, 7) is -0.189. The molecular weight excluding hydrogens is 204 g/mol. The van der Waals surface area contributed by atoms with Crippen molar-refractivity contribution in [3.05, 3.63) is 29.3 Å². The Labute approximate surface area is 86.5 Å². The number of methoxy groups -OCH3 is 1. The summed E-state index contributed by atoms with van der Waals surface area (Å²) >= 11 is 0. The van der Waals surface area contributed by atoms with Gasteiger partial charge < -0.3 is 15.6 Å². The molecule has 0 amide bonds. The molecule has 15 heavy (non-hydrogen) atoms. The zero-order chi connectivity index (χ0) is 11.4. The van der Waals surface area contributed by atoms with Crippen LogP contribution in [0.3, 0.4) is 0 Å². The van der Waals surface area contributed by atoms with Crippen molar-refractivity contribution in [1.82, 2.24) is 0 Å². The lowest BCUT2D eigenvalue weighted by Crippen LogP contribution is -2.17. The Hall–Kier alpha value is -1.20. The Morgan fingerprint density at radius 3 is 2.60 bits per heavy atom. The van der Waals surface area contributed by atoms with Gasteiger partial charge in [-0.15, -0.1) is 0 Å². The summed E-state index contributed by atoms with van der Waals surface area (Å²) in [6, 6.07) is 1.85. The van der Waals surface area contributed by atoms with Gasteiger partial charge in [0.1, 0.15) is 5.82 Å². The summed E-state index contributed by atoms with van der Waals surface area (Å²) in [4.78, 5) is 0. The third-order valence-electron chi connectivity index (χ3n) is 2.19. The normalized spacial score (nSPS) is 12.6. The molecule has 84 valence electrons. The summed E-state index contributed by atoms with van der Waals surface area (Å²) in [5, 5.41) is 9.00. The van der Waals surface area contributed by atoms with E-state index in [4.69, 9.17) is 15.6 Å². The molecule has 0 radical (unpaired) electrons. The second kappa shape index (κ2) is 5.04. The minimum absolute atomic E-state index is 0.0686. The lowest BCUT2D eigenvalue weighted by molar-refractivity contribution is 0.263. The molecule has 0 bridgehead atoms. The Bertz CT molecular complexity index is 340. The van der Waals surface area contributed by atoms with E-state index in [1.807, 2.05) is 0 Å². The van der Waals surface area contributed by atoms with Crippen LogP contribution >= 0.6 is 0 Å². The standard InChI is InChI=1S/C10H13F2NO2/c1-15-10-8(6(4-13)5-14)2-7(11)3-9(10)12/h2-3,6,14H,4-5,13H2,1H3. The Morgan fingerprint density at radius 2 is 2.13 bits per heavy atom. The molecule has 0 fully saturated rings. The lowest BCUT2D eigenvalue weighted by atomic mass is 9.98. The quantitative estimate of drug-likeness (QED) is 0.791. The highest BCUT2D eigenvalue weighted by Gasteiger charge is 2.18. The number of halogens is 2. The van der Waals surface area contributed by atoms with Crippen LogP contribution in [-0.4, -0.2) is 25.4 Å². The topological polar surface area (TPSA) is 55.5 Å². The average Bonchev–Trinajstić information content (AvgIpc) is 2.19. The number of ether oxygens (including phenoxy) is 1. The van der Waals surface area contributed by atoms with Crippen LogP contribution < -0.4 is 10.5 Å². The molecule has 0 aliphatic heterocycles. The van der Waals surface area contributed by atoms with E-state index in [9.17, 15) is 8.78 Å². The van der Waals surface area contributed by atoms with Crippen molar-refractivity contribution >= 4 is 0 Å². The molecule has 0 saturated carbocycles. The first-order valence-corrected chi connectivity index (χ1v) is 4.47. The smallest absolute Gasteiger partial charge is 0.168 e. The molecule has 1 atom stereocenters. The molecular formula is C10H13F2NO2. The molecule has 1 unspecified atom stereocenters. The second-order valence-electron chi connectivity index (χ2n) is 3.13. The highest BCUT2D eigenvalue weighted by molar-refractivity contribution is 5.38. The second-order valence-corrected chi connectivity index (χ2v) is 3.13. The fourth-order valence-electron chi connectivity index (χ4n) is 1.40. The van der Waals surface area contributed by atoms with Crippen molar-refractivity contribution in [2.24, 2.45) is 5.73 Å². The van der Waals surface area contributed by atoms with Crippen molar-refractivity contribution in [2.75, 3.05) is 20.3 Å². The number of hydrogen-bond acceptors (Lipinski definition) is 3. The van der Waals surface area contributed by atoms with E-state index >= 15 is 0 Å². The maximum Gasteiger partial charge on any atom is 0.168 e. The van der Waals surface area contributed by atoms with Crippen molar-refractivity contribution in [3.63, 3.8) is 0 Å². The molecule has 1 aromatic rings. The van der Waals surface area contributed by atoms with Gasteiger partial charge in [-0.2, -0.15) is 0 Å². The van der Waals surface area contributed by atoms with E-state index < -0.39 is 17.6 Å². The molecule has 3 nitrogen and oxygen atoms in total. The molecule has 0 aliphatic carbocycles. The van der Waals surface area contributed by atoms with E-state index in [1.165, 1.54) is 7.11 Å². The van der Waals surface area contributed by atoms with E-state index in [2.05, 4.69) is 0 Å². The van der Waals surface area contributed by atoms with Crippen LogP contribution in [0.15, 0.2) is 12.1 Å². The maximum atomic E-state index is 13.3. The van der Waals surface area contributed by atoms with Gasteiger partial charge in [0.25, 0.3) is 0 Å². The molecule has 1 rings (SSSR count). The van der Waals surface area contributed by atoms with Crippen LogP contribution in [0, 0.1) is 11.6 Å². The van der Waals surface area contributed by atoms with Gasteiger partial charge >= 0.3 is 0 Å². The maximum absolute atomic E-state index is 13.3. The van der Waals surface area contributed by atoms with E-state index in [0.717, 1.165) is 12.1 Å². The number of nitrogens with two attached hydrogens (primary N) is 1. The third kappa shape index (κ3) is 2.43. The number of hydrogen-bond donors (Lipinski definition) is 2. The van der Waals surface area contributed by atoms with Crippen LogP contribution in [0.25, 0.3) is 0 Å². The number of aliphatic hydroxyl groups excluding tert-OH is 1. The minimum atomic E-state index is -0.792. The summed E-state index contributed by atoms with van der Waals surface area (Å²) in [5.74, 6) is -2.10. The summed E-state index contributed by atoms with van der Waals surface area (Å²) in [6.07, 6.45) is 0. The largest absolute Gasteiger partial charge is 0.493 e. The fraction of sp³-hybridized carbons (Fsp3) is 0.400. The van der Waals surface area contributed by atoms with Crippen molar-refractivity contribution < 1.29 is 18.6 Å². The van der Waals surface area contributed by atoms with E-state index in [-0.39, 0.29) is 24.5 Å². The highest BCUT2D eigenvalue weighted by Crippen LogP contribution is 2.29. The van der Waals surface area contributed by atoms with Gasteiger partial charge in [0.05, 0.1) is 13.7 Å². The third-order valence-corrected chi connectivity index (χ3v) is 2.19. The summed E-state index contributed by atoms with van der Waals surface area (Å²) in [5.41, 5.74) is 5.63. The van der Waals surface area contributed by atoms with Gasteiger partial charge in [0.2, 0.25) is 0 Å². The van der Waals surface area contributed by atoms with Crippen LogP contribution in [0.1, 0.15) is 11.5 Å². The van der Waals surface area contributed by atoms with Gasteiger partial charge in [-0.1, -0.05) is 0 Å². The highest BCUT2D eigenvalue weighted by atomic mass is 19.1. The first-order valence-electron chi connectivity index (χ1n) is 4.47. The minimum Gasteiger partial charge on any atom is -0.493 e. The number of aliphatic hydroxyl groups is 1. The predicted octanol–water partition coefficient (Wildman–Crippen LogP) is 1.01. The molecule has 5 heteroatoms. The SMILES string of the molecule is COc1c(F)cc(F)cc1C(CN)CO. The van der Waals surface area contributed by atoms with Gasteiger partial charge in [-0.25, -0.2) is 8.78 Å². The molecule has 3 N–H and O–H groups in total. The van der Waals surface area contributed by atoms with Crippen molar-refractivity contribution in [2.45, 2.75) is 5.92 Å². The van der Waals surface area contributed by atoms with Crippen LogP contribution in [0.2, 0.25) is 0 Å². The Morgan fingerprint density at radius 1 is 1.47 bits per heavy atom. The predicted molar refractivity (Wildman–Crippen MR) is 51.8 cm³/mol. The monoisotopic (exact) mass is 217 g/mol. The van der Waals surface area contributed by atoms with Crippen LogP contribution in [0.5, 0.6) is 5.75 Å². The van der Waals surface area contributed by atoms with Gasteiger partial charge in [-0.05, 0) is 6.07 Å². The summed E-state index contributed by atoms with van der Waals surface area (Å²) < 4.78 is 31.0. The average molecular weight is 217 g/mol. The Balaban J connectivity index is 3.24. The molecule has 0 aromatic heterocycles. The first-order chi connectivity index (χ1) is 7.13.